The van der Waals surface area contributed by atoms with Crippen molar-refractivity contribution in [1.29, 1.82) is 0 Å². The lowest BCUT2D eigenvalue weighted by Gasteiger charge is -2.52. The van der Waals surface area contributed by atoms with E-state index in [0.717, 1.165) is 12.8 Å². The molecule has 0 radical (unpaired) electrons. The number of rotatable bonds is 17. The molecule has 0 aromatic carbocycles. The highest BCUT2D eigenvalue weighted by Gasteiger charge is 2.51. The standard InChI is InChI=1S/C28H53NO2/c1-7-8-9-10-11-12-13-14-15-16-17-18-19-20-21-22-25(30)24-23-27(2,3)29(6)28(4,5)26(24)31/h24H,7-23H2,1-6H3. The molecule has 0 aromatic heterocycles. The van der Waals surface area contributed by atoms with Crippen molar-refractivity contribution in [1.82, 2.24) is 4.90 Å². The Morgan fingerprint density at radius 3 is 1.58 bits per heavy atom. The second kappa shape index (κ2) is 14.4. The molecule has 0 aliphatic carbocycles. The fourth-order valence-corrected chi connectivity index (χ4v) is 5.18. The van der Waals surface area contributed by atoms with Crippen molar-refractivity contribution in [2.75, 3.05) is 7.05 Å². The van der Waals surface area contributed by atoms with E-state index >= 15 is 0 Å². The van der Waals surface area contributed by atoms with Gasteiger partial charge in [0.1, 0.15) is 5.78 Å². The summed E-state index contributed by atoms with van der Waals surface area (Å²) < 4.78 is 0. The van der Waals surface area contributed by atoms with Crippen molar-refractivity contribution in [3.05, 3.63) is 0 Å². The maximum Gasteiger partial charge on any atom is 0.163 e. The molecule has 0 spiro atoms. The van der Waals surface area contributed by atoms with Crippen LogP contribution in [0.1, 0.15) is 144 Å². The van der Waals surface area contributed by atoms with E-state index in [2.05, 4.69) is 25.7 Å². The number of likely N-dealkylation sites (tertiary alicyclic amines) is 1. The van der Waals surface area contributed by atoms with E-state index < -0.39 is 11.5 Å². The maximum atomic E-state index is 12.9. The molecule has 3 heteroatoms. The number of hydrogen-bond donors (Lipinski definition) is 0. The highest BCUT2D eigenvalue weighted by atomic mass is 16.2. The Bertz CT molecular complexity index is 523. The zero-order valence-electron chi connectivity index (χ0n) is 21.9. The van der Waals surface area contributed by atoms with Gasteiger partial charge in [-0.3, -0.25) is 14.5 Å². The summed E-state index contributed by atoms with van der Waals surface area (Å²) in [7, 11) is 2.01. The lowest BCUT2D eigenvalue weighted by atomic mass is 9.71. The molecule has 0 bridgehead atoms. The van der Waals surface area contributed by atoms with Crippen LogP contribution < -0.4 is 0 Å². The Morgan fingerprint density at radius 2 is 1.16 bits per heavy atom. The molecule has 1 aliphatic heterocycles. The first-order valence-corrected chi connectivity index (χ1v) is 13.5. The second-order valence-electron chi connectivity index (χ2n) is 11.2. The van der Waals surface area contributed by atoms with Gasteiger partial charge in [-0.15, -0.1) is 0 Å². The van der Waals surface area contributed by atoms with Gasteiger partial charge < -0.3 is 0 Å². The van der Waals surface area contributed by atoms with E-state index in [1.165, 1.54) is 83.5 Å². The lowest BCUT2D eigenvalue weighted by Crippen LogP contribution is -2.65. The fourth-order valence-electron chi connectivity index (χ4n) is 5.18. The van der Waals surface area contributed by atoms with E-state index in [9.17, 15) is 9.59 Å². The van der Waals surface area contributed by atoms with Gasteiger partial charge >= 0.3 is 0 Å². The van der Waals surface area contributed by atoms with Crippen molar-refractivity contribution < 1.29 is 9.59 Å². The molecule has 1 unspecified atom stereocenters. The molecule has 1 atom stereocenters. The monoisotopic (exact) mass is 435 g/mol. The number of ketones is 2. The molecule has 31 heavy (non-hydrogen) atoms. The minimum absolute atomic E-state index is 0.111. The summed E-state index contributed by atoms with van der Waals surface area (Å²) in [5, 5.41) is 0. The second-order valence-corrected chi connectivity index (χ2v) is 11.2. The SMILES string of the molecule is CCCCCCCCCCCCCCCCCC(=O)C1CC(C)(C)N(C)C(C)(C)C1=O. The summed E-state index contributed by atoms with van der Waals surface area (Å²) in [6, 6.07) is 0. The molecular weight excluding hydrogens is 382 g/mol. The van der Waals surface area contributed by atoms with Gasteiger partial charge in [-0.05, 0) is 47.6 Å². The van der Waals surface area contributed by atoms with Crippen LogP contribution in [0.4, 0.5) is 0 Å². The van der Waals surface area contributed by atoms with Gasteiger partial charge in [0.05, 0.1) is 11.5 Å². The molecule has 0 saturated carbocycles. The van der Waals surface area contributed by atoms with Crippen molar-refractivity contribution in [3.8, 4) is 0 Å². The molecule has 1 saturated heterocycles. The number of hydrogen-bond acceptors (Lipinski definition) is 3. The van der Waals surface area contributed by atoms with Gasteiger partial charge in [0, 0.05) is 12.0 Å². The molecule has 0 aromatic rings. The summed E-state index contributed by atoms with van der Waals surface area (Å²) in [5.41, 5.74) is -0.677. The number of unbranched alkanes of at least 4 members (excludes halogenated alkanes) is 14. The van der Waals surface area contributed by atoms with Crippen LogP contribution in [-0.4, -0.2) is 34.6 Å². The van der Waals surface area contributed by atoms with Gasteiger partial charge in [0.15, 0.2) is 5.78 Å². The summed E-state index contributed by atoms with van der Waals surface area (Å²) in [6.07, 6.45) is 21.2. The molecule has 3 nitrogen and oxygen atoms in total. The molecule has 0 N–H and O–H groups in total. The third-order valence-electron chi connectivity index (χ3n) is 7.79. The average molecular weight is 436 g/mol. The number of likely N-dealkylation sites (N-methyl/N-ethyl adjacent to an activating group) is 1. The van der Waals surface area contributed by atoms with Crippen molar-refractivity contribution >= 4 is 11.6 Å². The third-order valence-corrected chi connectivity index (χ3v) is 7.79. The smallest absolute Gasteiger partial charge is 0.163 e. The van der Waals surface area contributed by atoms with E-state index in [1.54, 1.807) is 0 Å². The number of Topliss-reactive ketones (excluding diaryl/α,β-unsaturated/α-hetero) is 2. The Morgan fingerprint density at radius 1 is 0.774 bits per heavy atom. The van der Waals surface area contributed by atoms with Crippen LogP contribution in [-0.2, 0) is 9.59 Å². The average Bonchev–Trinajstić information content (AvgIpc) is 2.72. The fraction of sp³-hybridized carbons (Fsp3) is 0.929. The van der Waals surface area contributed by atoms with Gasteiger partial charge in [-0.2, -0.15) is 0 Å². The predicted molar refractivity (Wildman–Crippen MR) is 134 cm³/mol. The van der Waals surface area contributed by atoms with Gasteiger partial charge in [0.25, 0.3) is 0 Å². The topological polar surface area (TPSA) is 37.4 Å². The zero-order chi connectivity index (χ0) is 23.3. The van der Waals surface area contributed by atoms with Crippen molar-refractivity contribution in [2.24, 2.45) is 5.92 Å². The molecular formula is C28H53NO2. The van der Waals surface area contributed by atoms with Crippen LogP contribution in [0.3, 0.4) is 0 Å². The molecule has 1 aliphatic rings. The van der Waals surface area contributed by atoms with Gasteiger partial charge in [0.2, 0.25) is 0 Å². The van der Waals surface area contributed by atoms with Gasteiger partial charge in [-0.25, -0.2) is 0 Å². The van der Waals surface area contributed by atoms with E-state index in [1.807, 2.05) is 20.9 Å². The van der Waals surface area contributed by atoms with Gasteiger partial charge in [-0.1, -0.05) is 96.8 Å². The minimum atomic E-state index is -0.558. The van der Waals surface area contributed by atoms with Crippen LogP contribution in [0.25, 0.3) is 0 Å². The molecule has 1 heterocycles. The molecule has 1 fully saturated rings. The lowest BCUT2D eigenvalue weighted by molar-refractivity contribution is -0.151. The van der Waals surface area contributed by atoms with E-state index in [4.69, 9.17) is 0 Å². The van der Waals surface area contributed by atoms with Crippen molar-refractivity contribution in [2.45, 2.75) is 155 Å². The Balaban J connectivity index is 2.05. The van der Waals surface area contributed by atoms with Crippen LogP contribution >= 0.6 is 0 Å². The van der Waals surface area contributed by atoms with Crippen LogP contribution in [0.2, 0.25) is 0 Å². The van der Waals surface area contributed by atoms with Crippen LogP contribution in [0, 0.1) is 5.92 Å². The zero-order valence-corrected chi connectivity index (χ0v) is 21.9. The maximum absolute atomic E-state index is 12.9. The minimum Gasteiger partial charge on any atom is -0.299 e. The first-order valence-electron chi connectivity index (χ1n) is 13.5. The Hall–Kier alpha value is -0.700. The first-order chi connectivity index (χ1) is 14.6. The number of carbonyl (C=O) groups excluding carboxylic acids is 2. The predicted octanol–water partition coefficient (Wildman–Crippen LogP) is 7.90. The Labute approximate surface area is 194 Å². The van der Waals surface area contributed by atoms with Crippen LogP contribution in [0.5, 0.6) is 0 Å². The molecule has 1 rings (SSSR count). The van der Waals surface area contributed by atoms with Crippen LogP contribution in [0.15, 0.2) is 0 Å². The summed E-state index contributed by atoms with van der Waals surface area (Å²) in [4.78, 5) is 27.8. The summed E-state index contributed by atoms with van der Waals surface area (Å²) in [5.74, 6) is -0.123. The first kappa shape index (κ1) is 28.3. The van der Waals surface area contributed by atoms with E-state index in [0.29, 0.717) is 12.8 Å². The largest absolute Gasteiger partial charge is 0.299 e. The normalized spacial score (nSPS) is 20.8. The summed E-state index contributed by atoms with van der Waals surface area (Å²) in [6.45, 7) is 10.5. The highest BCUT2D eigenvalue weighted by Crippen LogP contribution is 2.38. The number of carbonyl (C=O) groups is 2. The van der Waals surface area contributed by atoms with Crippen molar-refractivity contribution in [3.63, 3.8) is 0 Å². The summed E-state index contributed by atoms with van der Waals surface area (Å²) >= 11 is 0. The third kappa shape index (κ3) is 9.76. The molecule has 0 amide bonds. The molecule has 182 valence electrons. The van der Waals surface area contributed by atoms with E-state index in [-0.39, 0.29) is 17.1 Å². The Kier molecular flexibility index (Phi) is 13.2. The quantitative estimate of drug-likeness (QED) is 0.172. The number of nitrogens with zero attached hydrogens (tertiary/aromatic N) is 1. The highest BCUT2D eigenvalue weighted by molar-refractivity contribution is 6.07. The number of piperidine rings is 1.